The Morgan fingerprint density at radius 1 is 1.03 bits per heavy atom. The predicted molar refractivity (Wildman–Crippen MR) is 149 cm³/mol. The molecule has 0 unspecified atom stereocenters. The Hall–Kier alpha value is -0.830. The van der Waals surface area contributed by atoms with Gasteiger partial charge in [-0.3, -0.25) is 0 Å². The third kappa shape index (κ3) is 5.76. The van der Waals surface area contributed by atoms with Crippen molar-refractivity contribution in [2.45, 2.75) is 138 Å². The van der Waals surface area contributed by atoms with E-state index in [1.54, 1.807) is 5.57 Å². The highest BCUT2D eigenvalue weighted by Gasteiger charge is 2.59. The number of rotatable bonds is 8. The lowest BCUT2D eigenvalue weighted by atomic mass is 9.47. The van der Waals surface area contributed by atoms with Gasteiger partial charge in [-0.2, -0.15) is 0 Å². The fraction of sp³-hybridized carbons (Fsp3) is 0.909. The third-order valence-corrected chi connectivity index (χ3v) is 11.1. The van der Waals surface area contributed by atoms with Crippen LogP contribution in [0.5, 0.6) is 0 Å². The zero-order chi connectivity index (χ0) is 26.3. The maximum atomic E-state index is 12.2. The second-order valence-corrected chi connectivity index (χ2v) is 15.1. The summed E-state index contributed by atoms with van der Waals surface area (Å²) >= 11 is 0. The van der Waals surface area contributed by atoms with E-state index < -0.39 is 5.60 Å². The summed E-state index contributed by atoms with van der Waals surface area (Å²) in [5.41, 5.74) is 2.06. The van der Waals surface area contributed by atoms with Crippen molar-refractivity contribution in [1.82, 2.24) is 0 Å². The molecule has 0 amide bonds. The smallest absolute Gasteiger partial charge is 0.332 e. The van der Waals surface area contributed by atoms with Gasteiger partial charge < -0.3 is 9.47 Å². The highest BCUT2D eigenvalue weighted by Crippen LogP contribution is 2.67. The lowest BCUT2D eigenvalue weighted by Crippen LogP contribution is -2.51. The van der Waals surface area contributed by atoms with E-state index in [2.05, 4.69) is 40.7 Å². The van der Waals surface area contributed by atoms with Gasteiger partial charge in [0.05, 0.1) is 6.10 Å². The van der Waals surface area contributed by atoms with Crippen molar-refractivity contribution < 1.29 is 14.3 Å². The Kier molecular flexibility index (Phi) is 8.41. The molecule has 3 nitrogen and oxygen atoms in total. The first-order valence-corrected chi connectivity index (χ1v) is 15.4. The lowest BCUT2D eigenvalue weighted by Gasteiger charge is -2.58. The van der Waals surface area contributed by atoms with Crippen LogP contribution in [0.25, 0.3) is 0 Å². The van der Waals surface area contributed by atoms with Crippen LogP contribution >= 0.6 is 0 Å². The largest absolute Gasteiger partial charge is 0.458 e. The van der Waals surface area contributed by atoms with Gasteiger partial charge in [0.1, 0.15) is 12.2 Å². The number of ether oxygens (including phenoxy) is 2. The first-order valence-electron chi connectivity index (χ1n) is 15.4. The van der Waals surface area contributed by atoms with Crippen molar-refractivity contribution in [2.24, 2.45) is 46.3 Å². The molecule has 0 aliphatic heterocycles. The minimum Gasteiger partial charge on any atom is -0.458 e. The monoisotopic (exact) mass is 500 g/mol. The maximum Gasteiger partial charge on any atom is 0.332 e. The van der Waals surface area contributed by atoms with Gasteiger partial charge in [0.15, 0.2) is 0 Å². The van der Waals surface area contributed by atoms with Crippen LogP contribution in [-0.4, -0.2) is 24.3 Å². The molecule has 0 spiro atoms. The van der Waals surface area contributed by atoms with Crippen molar-refractivity contribution in [1.29, 1.82) is 0 Å². The zero-order valence-corrected chi connectivity index (χ0v) is 24.8. The van der Waals surface area contributed by atoms with Crippen molar-refractivity contribution in [3.8, 4) is 0 Å². The number of hydrogen-bond acceptors (Lipinski definition) is 3. The molecule has 0 aromatic carbocycles. The average molecular weight is 501 g/mol. The second-order valence-electron chi connectivity index (χ2n) is 15.1. The first-order chi connectivity index (χ1) is 16.8. The molecule has 0 radical (unpaired) electrons. The number of esters is 1. The average Bonchev–Trinajstić information content (AvgIpc) is 3.13. The number of carbonyl (C=O) groups excluding carboxylic acids is 1. The highest BCUT2D eigenvalue weighted by molar-refractivity contribution is 5.71. The van der Waals surface area contributed by atoms with E-state index in [4.69, 9.17) is 9.47 Å². The summed E-state index contributed by atoms with van der Waals surface area (Å²) in [5, 5.41) is 0. The Balaban J connectivity index is 1.38. The van der Waals surface area contributed by atoms with E-state index in [-0.39, 0.29) is 18.7 Å². The molecule has 36 heavy (non-hydrogen) atoms. The summed E-state index contributed by atoms with van der Waals surface area (Å²) in [6, 6.07) is 0. The molecule has 0 aromatic heterocycles. The normalized spacial score (nSPS) is 39.1. The van der Waals surface area contributed by atoms with Gasteiger partial charge in [-0.1, -0.05) is 65.5 Å². The van der Waals surface area contributed by atoms with Gasteiger partial charge in [-0.15, -0.1) is 0 Å². The van der Waals surface area contributed by atoms with Gasteiger partial charge in [0, 0.05) is 0 Å². The second kappa shape index (κ2) is 10.7. The van der Waals surface area contributed by atoms with Gasteiger partial charge in [0.25, 0.3) is 0 Å². The maximum absolute atomic E-state index is 12.2. The minimum absolute atomic E-state index is 0.0785. The Bertz CT molecular complexity index is 806. The lowest BCUT2D eigenvalue weighted by molar-refractivity contribution is -0.163. The van der Waals surface area contributed by atoms with Crippen LogP contribution in [0, 0.1) is 46.3 Å². The van der Waals surface area contributed by atoms with Crippen LogP contribution in [0.2, 0.25) is 0 Å². The molecule has 4 aliphatic carbocycles. The Labute approximate surface area is 222 Å². The van der Waals surface area contributed by atoms with Crippen LogP contribution in [0.4, 0.5) is 0 Å². The molecular weight excluding hydrogens is 444 g/mol. The van der Waals surface area contributed by atoms with Crippen LogP contribution in [0.3, 0.4) is 0 Å². The predicted octanol–water partition coefficient (Wildman–Crippen LogP) is 8.75. The molecule has 3 fully saturated rings. The molecule has 0 N–H and O–H groups in total. The number of allylic oxidation sites excluding steroid dienone is 1. The van der Waals surface area contributed by atoms with E-state index >= 15 is 0 Å². The molecule has 8 atom stereocenters. The molecule has 3 heteroatoms. The van der Waals surface area contributed by atoms with Crippen LogP contribution < -0.4 is 0 Å². The minimum atomic E-state index is -0.451. The summed E-state index contributed by atoms with van der Waals surface area (Å²) < 4.78 is 11.5. The number of hydrogen-bond donors (Lipinski definition) is 0. The van der Waals surface area contributed by atoms with E-state index in [0.29, 0.717) is 10.8 Å². The summed E-state index contributed by atoms with van der Waals surface area (Å²) in [4.78, 5) is 12.2. The van der Waals surface area contributed by atoms with E-state index in [1.165, 1.54) is 57.8 Å². The SMILES string of the molecule is CC(C)CCC[C@@H](C)[C@H]1CC[C@H]2[C@@H]3CC=C4C[C@@H](OCC(=O)OC(C)(C)C)CC[C@]4(C)[C@H]3CC[C@]12C. The van der Waals surface area contributed by atoms with Crippen molar-refractivity contribution in [3.05, 3.63) is 11.6 Å². The van der Waals surface area contributed by atoms with Crippen LogP contribution in [-0.2, 0) is 14.3 Å². The molecule has 206 valence electrons. The summed E-state index contributed by atoms with van der Waals surface area (Å²) in [7, 11) is 0. The van der Waals surface area contributed by atoms with Crippen LogP contribution in [0.1, 0.15) is 126 Å². The van der Waals surface area contributed by atoms with E-state index in [0.717, 1.165) is 48.3 Å². The molecule has 0 bridgehead atoms. The van der Waals surface area contributed by atoms with Gasteiger partial charge >= 0.3 is 5.97 Å². The highest BCUT2D eigenvalue weighted by atomic mass is 16.6. The summed E-state index contributed by atoms with van der Waals surface area (Å²) in [6.45, 7) is 18.4. The molecule has 3 saturated carbocycles. The van der Waals surface area contributed by atoms with Gasteiger partial charge in [0.2, 0.25) is 0 Å². The molecular formula is C33H56O3. The van der Waals surface area contributed by atoms with Crippen molar-refractivity contribution in [3.63, 3.8) is 0 Å². The Morgan fingerprint density at radius 3 is 2.47 bits per heavy atom. The van der Waals surface area contributed by atoms with Gasteiger partial charge in [-0.05, 0) is 118 Å². The van der Waals surface area contributed by atoms with E-state index in [9.17, 15) is 4.79 Å². The quantitative estimate of drug-likeness (QED) is 0.247. The molecule has 0 heterocycles. The molecule has 0 saturated heterocycles. The van der Waals surface area contributed by atoms with E-state index in [1.807, 2.05) is 20.8 Å². The molecule has 4 rings (SSSR count). The fourth-order valence-corrected chi connectivity index (χ4v) is 9.35. The zero-order valence-electron chi connectivity index (χ0n) is 24.8. The summed E-state index contributed by atoms with van der Waals surface area (Å²) in [6.07, 6.45) is 17.3. The Morgan fingerprint density at radius 2 is 1.78 bits per heavy atom. The third-order valence-electron chi connectivity index (χ3n) is 11.1. The number of carbonyl (C=O) groups is 1. The summed E-state index contributed by atoms with van der Waals surface area (Å²) in [5.74, 6) is 4.99. The van der Waals surface area contributed by atoms with Gasteiger partial charge in [-0.25, -0.2) is 4.79 Å². The number of fused-ring (bicyclic) bond motifs is 5. The standard InChI is InChI=1S/C33H56O3/c1-22(2)10-9-11-23(3)27-14-15-28-26-13-12-24-20-25(35-21-30(34)36-31(4,5)6)16-18-32(24,7)29(26)17-19-33(27,28)8/h12,22-23,25-29H,9-11,13-21H2,1-8H3/t23-,25+,26+,27-,28+,29+,32+,33-/m1/s1. The fourth-order valence-electron chi connectivity index (χ4n) is 9.35. The molecule has 4 aliphatic rings. The first kappa shape index (κ1) is 28.2. The van der Waals surface area contributed by atoms with Crippen molar-refractivity contribution in [2.75, 3.05) is 6.61 Å². The van der Waals surface area contributed by atoms with Crippen molar-refractivity contribution >= 4 is 5.97 Å². The van der Waals surface area contributed by atoms with Crippen LogP contribution in [0.15, 0.2) is 11.6 Å². The molecule has 0 aromatic rings. The topological polar surface area (TPSA) is 35.5 Å².